The zero-order valence-corrected chi connectivity index (χ0v) is 20.8. The van der Waals surface area contributed by atoms with Crippen LogP contribution < -0.4 is 0 Å². The molecule has 1 unspecified atom stereocenters. The van der Waals surface area contributed by atoms with Crippen LogP contribution in [0, 0.1) is 0 Å². The fraction of sp³-hybridized carbons (Fsp3) is 1.00. The van der Waals surface area contributed by atoms with Crippen molar-refractivity contribution < 1.29 is 57.8 Å². The van der Waals surface area contributed by atoms with E-state index >= 15 is 0 Å². The minimum Gasteiger partial charge on any atom is -0.379 e. The Kier molecular flexibility index (Phi) is 13.9. The number of halogens is 11. The monoisotopic (exact) mass is 566 g/mol. The largest absolute Gasteiger partial charge is 0.460 e. The van der Waals surface area contributed by atoms with Crippen molar-refractivity contribution in [3.8, 4) is 0 Å². The van der Waals surface area contributed by atoms with Gasteiger partial charge in [-0.15, -0.1) is 0 Å². The molecule has 0 aromatic heterocycles. The van der Waals surface area contributed by atoms with Crippen molar-refractivity contribution in [2.75, 3.05) is 19.8 Å². The molecule has 0 saturated carbocycles. The molecule has 0 aliphatic carbocycles. The molecule has 0 spiro atoms. The quantitative estimate of drug-likeness (QED) is 0.115. The molecular weight excluding hydrogens is 529 g/mol. The van der Waals surface area contributed by atoms with Gasteiger partial charge in [-0.3, -0.25) is 0 Å². The van der Waals surface area contributed by atoms with Gasteiger partial charge in [0.25, 0.3) is 0 Å². The van der Waals surface area contributed by atoms with Crippen molar-refractivity contribution in [2.45, 2.75) is 132 Å². The second kappa shape index (κ2) is 15.1. The highest BCUT2D eigenvalue weighted by molar-refractivity contribution is 5.06. The maximum Gasteiger partial charge on any atom is 0.460 e. The summed E-state index contributed by atoms with van der Waals surface area (Å²) in [6, 6.07) is 0. The normalized spacial score (nSPS) is 18.4. The molecule has 2 nitrogen and oxygen atoms in total. The average Bonchev–Trinajstić information content (AvgIpc) is 2.81. The van der Waals surface area contributed by atoms with Gasteiger partial charge in [-0.2, -0.15) is 48.3 Å². The maximum atomic E-state index is 13.6. The van der Waals surface area contributed by atoms with E-state index in [4.69, 9.17) is 9.47 Å². The minimum absolute atomic E-state index is 0.0706. The van der Waals surface area contributed by atoms with Crippen LogP contribution in [0.4, 0.5) is 48.3 Å². The van der Waals surface area contributed by atoms with Gasteiger partial charge in [0.1, 0.15) is 0 Å². The lowest BCUT2D eigenvalue weighted by atomic mass is 9.94. The molecule has 0 radical (unpaired) electrons. The highest BCUT2D eigenvalue weighted by atomic mass is 19.4. The zero-order chi connectivity index (χ0) is 28.2. The van der Waals surface area contributed by atoms with Crippen LogP contribution in [0.2, 0.25) is 0 Å². The number of alkyl halides is 11. The summed E-state index contributed by atoms with van der Waals surface area (Å²) in [6.45, 7) is 2.11. The molecule has 37 heavy (non-hydrogen) atoms. The summed E-state index contributed by atoms with van der Waals surface area (Å²) < 4.78 is 154. The minimum atomic E-state index is -7.31. The van der Waals surface area contributed by atoms with Crippen molar-refractivity contribution in [1.82, 2.24) is 0 Å². The first-order chi connectivity index (χ1) is 17.1. The lowest BCUT2D eigenvalue weighted by molar-refractivity contribution is -0.422. The maximum absolute atomic E-state index is 13.6. The van der Waals surface area contributed by atoms with Crippen molar-refractivity contribution >= 4 is 0 Å². The van der Waals surface area contributed by atoms with Crippen LogP contribution in [0.5, 0.6) is 0 Å². The van der Waals surface area contributed by atoms with Crippen LogP contribution in [0.3, 0.4) is 0 Å². The van der Waals surface area contributed by atoms with Crippen LogP contribution in [0.25, 0.3) is 0 Å². The molecule has 222 valence electrons. The Hall–Kier alpha value is -0.850. The summed E-state index contributed by atoms with van der Waals surface area (Å²) in [7, 11) is 0. The molecule has 1 atom stereocenters. The highest BCUT2D eigenvalue weighted by Crippen LogP contribution is 2.58. The third-order valence-electron chi connectivity index (χ3n) is 6.46. The number of hydrogen-bond acceptors (Lipinski definition) is 2. The first kappa shape index (κ1) is 34.2. The van der Waals surface area contributed by atoms with Gasteiger partial charge in [0.2, 0.25) is 0 Å². The van der Waals surface area contributed by atoms with Gasteiger partial charge < -0.3 is 9.47 Å². The highest BCUT2D eigenvalue weighted by Gasteiger charge is 2.86. The Balaban J connectivity index is 2.10. The third-order valence-corrected chi connectivity index (χ3v) is 6.46. The molecule has 0 amide bonds. The van der Waals surface area contributed by atoms with Crippen LogP contribution >= 0.6 is 0 Å². The topological polar surface area (TPSA) is 18.5 Å². The van der Waals surface area contributed by atoms with Crippen LogP contribution in [-0.4, -0.2) is 55.8 Å². The van der Waals surface area contributed by atoms with Gasteiger partial charge in [0.05, 0.1) is 12.7 Å². The molecule has 1 saturated heterocycles. The van der Waals surface area contributed by atoms with Crippen molar-refractivity contribution in [2.24, 2.45) is 0 Å². The Labute approximate surface area is 210 Å². The van der Waals surface area contributed by atoms with E-state index in [0.29, 0.717) is 26.1 Å². The molecule has 0 aromatic rings. The summed E-state index contributed by atoms with van der Waals surface area (Å²) in [5, 5.41) is 0. The van der Waals surface area contributed by atoms with E-state index in [-0.39, 0.29) is 12.5 Å². The Morgan fingerprint density at radius 3 is 1.51 bits per heavy atom. The van der Waals surface area contributed by atoms with Gasteiger partial charge in [-0.1, -0.05) is 57.8 Å². The standard InChI is InChI=1S/C24H37F11O2/c25-20(26,21(27,28)22(29,30)23(31,32)24(33,34)35)15-11-8-6-4-2-1-3-5-7-9-12-16-36-18-19-14-10-13-17-37-19/h19H,1-18H2. The molecule has 1 aliphatic rings. The van der Waals surface area contributed by atoms with E-state index < -0.39 is 42.7 Å². The van der Waals surface area contributed by atoms with Crippen molar-refractivity contribution in [3.05, 3.63) is 0 Å². The number of hydrogen-bond donors (Lipinski definition) is 0. The number of rotatable bonds is 19. The molecule has 1 rings (SSSR count). The summed E-state index contributed by atoms with van der Waals surface area (Å²) in [5.74, 6) is -27.2. The van der Waals surface area contributed by atoms with Crippen LogP contribution in [0.15, 0.2) is 0 Å². The first-order valence-electron chi connectivity index (χ1n) is 12.9. The second-order valence-corrected chi connectivity index (χ2v) is 9.63. The molecule has 1 aliphatic heterocycles. The van der Waals surface area contributed by atoms with Crippen molar-refractivity contribution in [3.63, 3.8) is 0 Å². The average molecular weight is 567 g/mol. The summed E-state index contributed by atoms with van der Waals surface area (Å²) in [4.78, 5) is 0. The number of unbranched alkanes of at least 4 members (excludes halogenated alkanes) is 10. The van der Waals surface area contributed by atoms with E-state index in [2.05, 4.69) is 0 Å². The molecule has 1 heterocycles. The molecule has 0 aromatic carbocycles. The van der Waals surface area contributed by atoms with E-state index in [1.807, 2.05) is 0 Å². The molecule has 1 fully saturated rings. The SMILES string of the molecule is FC(F)(F)C(F)(F)C(F)(F)C(F)(F)C(F)(F)CCCCCCCCCCCCCOCC1CCCCO1. The zero-order valence-electron chi connectivity index (χ0n) is 20.8. The lowest BCUT2D eigenvalue weighted by Crippen LogP contribution is -2.66. The second-order valence-electron chi connectivity index (χ2n) is 9.63. The molecule has 13 heteroatoms. The van der Waals surface area contributed by atoms with Gasteiger partial charge in [0, 0.05) is 19.6 Å². The Bertz CT molecular complexity index is 618. The molecular formula is C24H37F11O2. The van der Waals surface area contributed by atoms with E-state index in [1.54, 1.807) is 0 Å². The molecule has 0 bridgehead atoms. The van der Waals surface area contributed by atoms with Gasteiger partial charge in [-0.25, -0.2) is 0 Å². The van der Waals surface area contributed by atoms with E-state index in [9.17, 15) is 48.3 Å². The van der Waals surface area contributed by atoms with E-state index in [0.717, 1.165) is 64.4 Å². The smallest absolute Gasteiger partial charge is 0.379 e. The summed E-state index contributed by atoms with van der Waals surface area (Å²) in [6.07, 6.45) is 1.13. The third kappa shape index (κ3) is 10.0. The predicted molar refractivity (Wildman–Crippen MR) is 116 cm³/mol. The lowest BCUT2D eigenvalue weighted by Gasteiger charge is -2.37. The first-order valence-corrected chi connectivity index (χ1v) is 12.9. The van der Waals surface area contributed by atoms with Gasteiger partial charge in [-0.05, 0) is 32.1 Å². The Morgan fingerprint density at radius 1 is 0.568 bits per heavy atom. The Morgan fingerprint density at radius 2 is 1.05 bits per heavy atom. The van der Waals surface area contributed by atoms with Crippen LogP contribution in [-0.2, 0) is 9.47 Å². The van der Waals surface area contributed by atoms with Gasteiger partial charge >= 0.3 is 29.9 Å². The van der Waals surface area contributed by atoms with E-state index in [1.165, 1.54) is 6.42 Å². The van der Waals surface area contributed by atoms with Crippen LogP contribution in [0.1, 0.15) is 96.3 Å². The van der Waals surface area contributed by atoms with Crippen molar-refractivity contribution in [1.29, 1.82) is 0 Å². The van der Waals surface area contributed by atoms with Gasteiger partial charge in [0.15, 0.2) is 0 Å². The fourth-order valence-corrected chi connectivity index (χ4v) is 4.06. The fourth-order valence-electron chi connectivity index (χ4n) is 4.06. The predicted octanol–water partition coefficient (Wildman–Crippen LogP) is 9.36. The summed E-state index contributed by atoms with van der Waals surface area (Å²) in [5.41, 5.74) is 0. The molecule has 0 N–H and O–H groups in total. The summed E-state index contributed by atoms with van der Waals surface area (Å²) >= 11 is 0. The number of ether oxygens (including phenoxy) is 2.